The van der Waals surface area contributed by atoms with Gasteiger partial charge in [-0.1, -0.05) is 13.3 Å². The van der Waals surface area contributed by atoms with E-state index in [1.807, 2.05) is 6.92 Å². The summed E-state index contributed by atoms with van der Waals surface area (Å²) in [5.74, 6) is -3.84. The van der Waals surface area contributed by atoms with Crippen LogP contribution < -0.4 is 0 Å². The number of rotatable bonds is 6. The molecule has 1 fully saturated rings. The maximum absolute atomic E-state index is 12.5. The summed E-state index contributed by atoms with van der Waals surface area (Å²) >= 11 is 0. The predicted octanol–water partition coefficient (Wildman–Crippen LogP) is 1.51. The Morgan fingerprint density at radius 2 is 1.81 bits per heavy atom. The van der Waals surface area contributed by atoms with Crippen molar-refractivity contribution < 1.29 is 33.0 Å². The zero-order valence-electron chi connectivity index (χ0n) is 11.8. The number of aliphatic hydroxyl groups is 1. The van der Waals surface area contributed by atoms with Crippen LogP contribution in [0, 0.1) is 17.8 Å². The number of halogens is 3. The summed E-state index contributed by atoms with van der Waals surface area (Å²) in [6, 6.07) is 0. The lowest BCUT2D eigenvalue weighted by atomic mass is 9.94. The molecule has 1 aliphatic carbocycles. The zero-order chi connectivity index (χ0) is 16.2. The fourth-order valence-corrected chi connectivity index (χ4v) is 2.86. The van der Waals surface area contributed by atoms with Crippen LogP contribution in [0.3, 0.4) is 0 Å². The second kappa shape index (κ2) is 7.11. The third kappa shape index (κ3) is 4.87. The van der Waals surface area contributed by atoms with Gasteiger partial charge in [0.2, 0.25) is 5.91 Å². The third-order valence-corrected chi connectivity index (χ3v) is 3.92. The average molecular weight is 311 g/mol. The van der Waals surface area contributed by atoms with E-state index in [2.05, 4.69) is 0 Å². The molecule has 0 heterocycles. The highest BCUT2D eigenvalue weighted by Gasteiger charge is 2.45. The molecule has 0 aliphatic heterocycles. The van der Waals surface area contributed by atoms with Crippen molar-refractivity contribution in [3.63, 3.8) is 0 Å². The second-order valence-corrected chi connectivity index (χ2v) is 5.40. The summed E-state index contributed by atoms with van der Waals surface area (Å²) in [5, 5.41) is 18.0. The minimum atomic E-state index is -4.58. The molecule has 1 amide bonds. The molecule has 5 nitrogen and oxygen atoms in total. The molecule has 21 heavy (non-hydrogen) atoms. The Balaban J connectivity index is 2.87. The largest absolute Gasteiger partial charge is 0.481 e. The van der Waals surface area contributed by atoms with Gasteiger partial charge in [-0.2, -0.15) is 13.2 Å². The van der Waals surface area contributed by atoms with Crippen molar-refractivity contribution >= 4 is 11.9 Å². The minimum Gasteiger partial charge on any atom is -0.481 e. The Morgan fingerprint density at radius 3 is 2.24 bits per heavy atom. The Morgan fingerprint density at radius 1 is 1.24 bits per heavy atom. The van der Waals surface area contributed by atoms with Crippen molar-refractivity contribution in [3.05, 3.63) is 0 Å². The van der Waals surface area contributed by atoms with Crippen molar-refractivity contribution in [2.75, 3.05) is 19.7 Å². The lowest BCUT2D eigenvalue weighted by Crippen LogP contribution is -2.45. The number of carbonyl (C=O) groups is 2. The van der Waals surface area contributed by atoms with Gasteiger partial charge < -0.3 is 15.1 Å². The Hall–Kier alpha value is -1.31. The number of nitrogens with zero attached hydrogens (tertiary/aromatic N) is 1. The van der Waals surface area contributed by atoms with Crippen molar-refractivity contribution in [1.29, 1.82) is 0 Å². The van der Waals surface area contributed by atoms with Crippen LogP contribution in [0.15, 0.2) is 0 Å². The zero-order valence-corrected chi connectivity index (χ0v) is 11.8. The van der Waals surface area contributed by atoms with Crippen LogP contribution in [0.2, 0.25) is 0 Å². The normalized spacial score (nSPS) is 25.9. The molecule has 0 spiro atoms. The summed E-state index contributed by atoms with van der Waals surface area (Å²) in [5.41, 5.74) is 0. The third-order valence-electron chi connectivity index (χ3n) is 3.92. The molecular weight excluding hydrogens is 291 g/mol. The van der Waals surface area contributed by atoms with E-state index in [-0.39, 0.29) is 12.3 Å². The molecule has 0 radical (unpaired) electrons. The van der Waals surface area contributed by atoms with Gasteiger partial charge in [-0.05, 0) is 18.8 Å². The van der Waals surface area contributed by atoms with E-state index in [0.717, 1.165) is 0 Å². The number of carboxylic acids is 1. The first kappa shape index (κ1) is 17.7. The van der Waals surface area contributed by atoms with Crippen molar-refractivity contribution in [2.45, 2.75) is 32.4 Å². The van der Waals surface area contributed by atoms with Crippen molar-refractivity contribution in [1.82, 2.24) is 4.90 Å². The molecule has 0 aromatic heterocycles. The van der Waals surface area contributed by atoms with E-state index in [1.54, 1.807) is 0 Å². The Bertz CT molecular complexity index is 386. The summed E-state index contributed by atoms with van der Waals surface area (Å²) in [7, 11) is 0. The van der Waals surface area contributed by atoms with Crippen LogP contribution >= 0.6 is 0 Å². The highest BCUT2D eigenvalue weighted by atomic mass is 19.4. The van der Waals surface area contributed by atoms with Crippen LogP contribution in [-0.4, -0.2) is 52.9 Å². The molecule has 3 atom stereocenters. The molecular formula is C13H20F3NO4. The van der Waals surface area contributed by atoms with Crippen LogP contribution in [0.25, 0.3) is 0 Å². The molecule has 1 saturated carbocycles. The molecule has 0 bridgehead atoms. The summed E-state index contributed by atoms with van der Waals surface area (Å²) in [4.78, 5) is 24.0. The lowest BCUT2D eigenvalue weighted by Gasteiger charge is -2.27. The Kier molecular flexibility index (Phi) is 6.00. The van der Waals surface area contributed by atoms with Gasteiger partial charge in [0.25, 0.3) is 0 Å². The number of aliphatic carboxylic acids is 1. The lowest BCUT2D eigenvalue weighted by molar-refractivity contribution is -0.166. The number of hydrogen-bond acceptors (Lipinski definition) is 3. The molecule has 0 saturated heterocycles. The van der Waals surface area contributed by atoms with E-state index >= 15 is 0 Å². The van der Waals surface area contributed by atoms with E-state index in [0.29, 0.717) is 17.7 Å². The summed E-state index contributed by atoms with van der Waals surface area (Å²) in [6.07, 6.45) is -3.30. The summed E-state index contributed by atoms with van der Waals surface area (Å²) in [6.45, 7) is -0.648. The van der Waals surface area contributed by atoms with E-state index in [1.165, 1.54) is 0 Å². The number of hydrogen-bond donors (Lipinski definition) is 2. The quantitative estimate of drug-likeness (QED) is 0.779. The van der Waals surface area contributed by atoms with Crippen LogP contribution in [0.4, 0.5) is 13.2 Å². The number of alkyl halides is 3. The van der Waals surface area contributed by atoms with Crippen LogP contribution in [0.5, 0.6) is 0 Å². The van der Waals surface area contributed by atoms with Gasteiger partial charge in [0.1, 0.15) is 6.54 Å². The Labute approximate surface area is 120 Å². The molecule has 1 aliphatic rings. The van der Waals surface area contributed by atoms with Gasteiger partial charge in [-0.15, -0.1) is 0 Å². The molecule has 8 heteroatoms. The topological polar surface area (TPSA) is 77.8 Å². The number of amides is 1. The molecule has 0 aromatic rings. The maximum Gasteiger partial charge on any atom is 0.406 e. The van der Waals surface area contributed by atoms with Gasteiger partial charge in [-0.3, -0.25) is 9.59 Å². The molecule has 0 aromatic carbocycles. The van der Waals surface area contributed by atoms with Crippen LogP contribution in [0.1, 0.15) is 26.2 Å². The summed E-state index contributed by atoms with van der Waals surface area (Å²) < 4.78 is 37.4. The van der Waals surface area contributed by atoms with Gasteiger partial charge >= 0.3 is 12.1 Å². The fraction of sp³-hybridized carbons (Fsp3) is 0.846. The number of aliphatic hydroxyl groups excluding tert-OH is 1. The second-order valence-electron chi connectivity index (χ2n) is 5.40. The first-order valence-electron chi connectivity index (χ1n) is 6.88. The monoisotopic (exact) mass is 311 g/mol. The van der Waals surface area contributed by atoms with Gasteiger partial charge in [0, 0.05) is 6.54 Å². The van der Waals surface area contributed by atoms with Gasteiger partial charge in [-0.25, -0.2) is 0 Å². The van der Waals surface area contributed by atoms with Crippen LogP contribution in [-0.2, 0) is 9.59 Å². The first-order chi connectivity index (χ1) is 9.69. The van der Waals surface area contributed by atoms with Crippen molar-refractivity contribution in [3.8, 4) is 0 Å². The predicted molar refractivity (Wildman–Crippen MR) is 67.4 cm³/mol. The highest BCUT2D eigenvalue weighted by molar-refractivity contribution is 5.85. The molecule has 1 rings (SSSR count). The maximum atomic E-state index is 12.5. The first-order valence-corrected chi connectivity index (χ1v) is 6.88. The average Bonchev–Trinajstić information content (AvgIpc) is 2.80. The standard InChI is InChI=1S/C13H20F3NO4/c1-2-8-5-9(10(6-8)12(20)21)11(19)17(3-4-18)7-13(14,15)16/h8-10,18H,2-7H2,1H3,(H,20,21)/t8?,9-,10+/m0/s1. The molecule has 1 unspecified atom stereocenters. The molecule has 122 valence electrons. The van der Waals surface area contributed by atoms with Gasteiger partial charge in [0.05, 0.1) is 18.4 Å². The fourth-order valence-electron chi connectivity index (χ4n) is 2.86. The SMILES string of the molecule is CCC1C[C@H](C(=O)N(CCO)CC(F)(F)F)[C@H](C(=O)O)C1. The number of carbonyl (C=O) groups excluding carboxylic acids is 1. The highest BCUT2D eigenvalue weighted by Crippen LogP contribution is 2.39. The molecule has 2 N–H and O–H groups in total. The van der Waals surface area contributed by atoms with Gasteiger partial charge in [0.15, 0.2) is 0 Å². The van der Waals surface area contributed by atoms with E-state index < -0.39 is 49.6 Å². The minimum absolute atomic E-state index is 0.0295. The van der Waals surface area contributed by atoms with Crippen molar-refractivity contribution in [2.24, 2.45) is 17.8 Å². The smallest absolute Gasteiger partial charge is 0.406 e. The van der Waals surface area contributed by atoms with E-state index in [4.69, 9.17) is 10.2 Å². The van der Waals surface area contributed by atoms with E-state index in [9.17, 15) is 22.8 Å². The number of carboxylic acid groups (broad SMARTS) is 1.